The minimum absolute atomic E-state index is 0.0675. The van der Waals surface area contributed by atoms with Crippen molar-refractivity contribution in [3.05, 3.63) is 34.9 Å². The number of halogens is 3. The summed E-state index contributed by atoms with van der Waals surface area (Å²) in [6.07, 6.45) is -0.420. The van der Waals surface area contributed by atoms with E-state index in [1.165, 1.54) is 6.07 Å². The number of benzene rings is 1. The molecule has 0 saturated heterocycles. The fourth-order valence-electron chi connectivity index (χ4n) is 1.27. The van der Waals surface area contributed by atoms with Crippen molar-refractivity contribution in [1.82, 2.24) is 0 Å². The van der Waals surface area contributed by atoms with Crippen molar-refractivity contribution in [2.75, 3.05) is 6.61 Å². The van der Waals surface area contributed by atoms with E-state index in [9.17, 15) is 13.6 Å². The normalized spacial score (nSPS) is 10.2. The van der Waals surface area contributed by atoms with Gasteiger partial charge in [-0.05, 0) is 13.0 Å². The molecule has 0 aliphatic rings. The van der Waals surface area contributed by atoms with Gasteiger partial charge in [-0.25, -0.2) is 8.78 Å². The van der Waals surface area contributed by atoms with Crippen LogP contribution in [0.2, 0.25) is 0 Å². The molecule has 88 valence electrons. The lowest BCUT2D eigenvalue weighted by Gasteiger charge is -2.07. The summed E-state index contributed by atoms with van der Waals surface area (Å²) >= 11 is 5.48. The van der Waals surface area contributed by atoms with Gasteiger partial charge in [0.1, 0.15) is 11.6 Å². The van der Waals surface area contributed by atoms with E-state index < -0.39 is 24.0 Å². The molecule has 0 amide bonds. The van der Waals surface area contributed by atoms with E-state index in [1.807, 2.05) is 0 Å². The van der Waals surface area contributed by atoms with Crippen molar-refractivity contribution in [3.8, 4) is 0 Å². The Hall–Kier alpha value is -1.16. The van der Waals surface area contributed by atoms with Gasteiger partial charge in [0, 0.05) is 11.1 Å². The highest BCUT2D eigenvalue weighted by molar-refractivity contribution is 6.17. The Kier molecular flexibility index (Phi) is 4.68. The lowest BCUT2D eigenvalue weighted by Crippen LogP contribution is -2.11. The zero-order chi connectivity index (χ0) is 12.1. The molecule has 5 heteroatoms. The molecule has 1 aromatic carbocycles. The van der Waals surface area contributed by atoms with Crippen molar-refractivity contribution in [3.63, 3.8) is 0 Å². The van der Waals surface area contributed by atoms with Crippen LogP contribution in [0.3, 0.4) is 0 Å². The third-order valence-corrected chi connectivity index (χ3v) is 2.32. The highest BCUT2D eigenvalue weighted by Gasteiger charge is 2.16. The lowest BCUT2D eigenvalue weighted by atomic mass is 10.1. The van der Waals surface area contributed by atoms with Crippen molar-refractivity contribution in [1.29, 1.82) is 0 Å². The third-order valence-electron chi connectivity index (χ3n) is 2.04. The average molecular weight is 249 g/mol. The number of carbonyl (C=O) groups excluding carboxylic acids is 1. The van der Waals surface area contributed by atoms with Crippen LogP contribution in [0.1, 0.15) is 18.1 Å². The maximum atomic E-state index is 13.6. The van der Waals surface area contributed by atoms with Crippen molar-refractivity contribution >= 4 is 17.6 Å². The molecule has 0 N–H and O–H groups in total. The van der Waals surface area contributed by atoms with E-state index in [0.717, 1.165) is 6.07 Å². The zero-order valence-corrected chi connectivity index (χ0v) is 9.48. The zero-order valence-electron chi connectivity index (χ0n) is 8.73. The molecule has 1 aromatic rings. The highest BCUT2D eigenvalue weighted by Crippen LogP contribution is 2.19. The van der Waals surface area contributed by atoms with Gasteiger partial charge in [-0.3, -0.25) is 4.79 Å². The molecule has 0 aliphatic heterocycles. The summed E-state index contributed by atoms with van der Waals surface area (Å²) in [6, 6.07) is 2.35. The second-order valence-electron chi connectivity index (χ2n) is 3.11. The predicted octanol–water partition coefficient (Wildman–Crippen LogP) is 2.81. The minimum Gasteiger partial charge on any atom is -0.466 e. The van der Waals surface area contributed by atoms with Gasteiger partial charge >= 0.3 is 5.97 Å². The molecule has 0 spiro atoms. The number of hydrogen-bond donors (Lipinski definition) is 0. The van der Waals surface area contributed by atoms with Crippen LogP contribution in [0.4, 0.5) is 8.78 Å². The first-order chi connectivity index (χ1) is 7.60. The Morgan fingerprint density at radius 1 is 1.44 bits per heavy atom. The number of ether oxygens (including phenoxy) is 1. The second kappa shape index (κ2) is 5.80. The highest BCUT2D eigenvalue weighted by atomic mass is 35.5. The van der Waals surface area contributed by atoms with Crippen molar-refractivity contribution in [2.45, 2.75) is 19.2 Å². The van der Waals surface area contributed by atoms with E-state index in [2.05, 4.69) is 4.74 Å². The molecule has 0 atom stereocenters. The standard InChI is InChI=1S/C11H11ClF2O2/c1-2-16-10(15)5-8-9(13)4-3-7(6-12)11(8)14/h3-4H,2,5-6H2,1H3. The fraction of sp³-hybridized carbons (Fsp3) is 0.364. The average Bonchev–Trinajstić information content (AvgIpc) is 2.25. The van der Waals surface area contributed by atoms with E-state index >= 15 is 0 Å². The Bertz CT molecular complexity index is 394. The van der Waals surface area contributed by atoms with Crippen LogP contribution < -0.4 is 0 Å². The number of hydrogen-bond acceptors (Lipinski definition) is 2. The molecule has 0 unspecified atom stereocenters. The molecular formula is C11H11ClF2O2. The monoisotopic (exact) mass is 248 g/mol. The maximum Gasteiger partial charge on any atom is 0.310 e. The Labute approximate surface area is 97.2 Å². The maximum absolute atomic E-state index is 13.6. The molecule has 0 radical (unpaired) electrons. The number of carbonyl (C=O) groups is 1. The molecule has 0 aliphatic carbocycles. The van der Waals surface area contributed by atoms with E-state index in [1.54, 1.807) is 6.92 Å². The summed E-state index contributed by atoms with van der Waals surface area (Å²) in [7, 11) is 0. The lowest BCUT2D eigenvalue weighted by molar-refractivity contribution is -0.142. The summed E-state index contributed by atoms with van der Waals surface area (Å²) in [5, 5.41) is 0. The van der Waals surface area contributed by atoms with Crippen LogP contribution >= 0.6 is 11.6 Å². The summed E-state index contributed by atoms with van der Waals surface area (Å²) in [6.45, 7) is 1.80. The molecule has 0 bridgehead atoms. The molecule has 1 rings (SSSR count). The Balaban J connectivity index is 2.98. The smallest absolute Gasteiger partial charge is 0.310 e. The summed E-state index contributed by atoms with van der Waals surface area (Å²) in [5.74, 6) is -2.27. The predicted molar refractivity (Wildman–Crippen MR) is 56.3 cm³/mol. The Morgan fingerprint density at radius 2 is 2.12 bits per heavy atom. The van der Waals surface area contributed by atoms with Gasteiger partial charge in [-0.15, -0.1) is 11.6 Å². The fourth-order valence-corrected chi connectivity index (χ4v) is 1.47. The minimum atomic E-state index is -0.775. The SMILES string of the molecule is CCOC(=O)Cc1c(F)ccc(CCl)c1F. The van der Waals surface area contributed by atoms with Crippen LogP contribution in [0.5, 0.6) is 0 Å². The first-order valence-electron chi connectivity index (χ1n) is 4.77. The van der Waals surface area contributed by atoms with Gasteiger partial charge in [-0.1, -0.05) is 6.07 Å². The van der Waals surface area contributed by atoms with Gasteiger partial charge < -0.3 is 4.74 Å². The van der Waals surface area contributed by atoms with Crippen LogP contribution in [-0.2, 0) is 21.8 Å². The number of rotatable bonds is 4. The first kappa shape index (κ1) is 12.9. The van der Waals surface area contributed by atoms with Crippen LogP contribution in [-0.4, -0.2) is 12.6 Å². The van der Waals surface area contributed by atoms with E-state index in [-0.39, 0.29) is 23.6 Å². The molecule has 0 aromatic heterocycles. The van der Waals surface area contributed by atoms with Gasteiger partial charge in [-0.2, -0.15) is 0 Å². The van der Waals surface area contributed by atoms with Gasteiger partial charge in [0.15, 0.2) is 0 Å². The van der Waals surface area contributed by atoms with Crippen molar-refractivity contribution in [2.24, 2.45) is 0 Å². The van der Waals surface area contributed by atoms with Gasteiger partial charge in [0.05, 0.1) is 18.9 Å². The summed E-state index contributed by atoms with van der Waals surface area (Å²) < 4.78 is 31.5. The summed E-state index contributed by atoms with van der Waals surface area (Å²) in [4.78, 5) is 11.1. The Morgan fingerprint density at radius 3 is 2.69 bits per heavy atom. The molecule has 0 fully saturated rings. The molecular weight excluding hydrogens is 238 g/mol. The van der Waals surface area contributed by atoms with Gasteiger partial charge in [0.2, 0.25) is 0 Å². The van der Waals surface area contributed by atoms with E-state index in [0.29, 0.717) is 0 Å². The molecule has 16 heavy (non-hydrogen) atoms. The first-order valence-corrected chi connectivity index (χ1v) is 5.31. The molecule has 0 saturated carbocycles. The van der Waals surface area contributed by atoms with Crippen LogP contribution in [0.25, 0.3) is 0 Å². The van der Waals surface area contributed by atoms with Gasteiger partial charge in [0.25, 0.3) is 0 Å². The number of alkyl halides is 1. The third kappa shape index (κ3) is 2.92. The van der Waals surface area contributed by atoms with Crippen molar-refractivity contribution < 1.29 is 18.3 Å². The number of esters is 1. The second-order valence-corrected chi connectivity index (χ2v) is 3.38. The van der Waals surface area contributed by atoms with E-state index in [4.69, 9.17) is 11.6 Å². The van der Waals surface area contributed by atoms with Crippen LogP contribution in [0.15, 0.2) is 12.1 Å². The summed E-state index contributed by atoms with van der Waals surface area (Å²) in [5.41, 5.74) is -0.126. The molecule has 0 heterocycles. The van der Waals surface area contributed by atoms with Crippen LogP contribution in [0, 0.1) is 11.6 Å². The topological polar surface area (TPSA) is 26.3 Å². The largest absolute Gasteiger partial charge is 0.466 e. The molecule has 2 nitrogen and oxygen atoms in total. The quantitative estimate of drug-likeness (QED) is 0.605.